The molecule has 1 aromatic carbocycles. The van der Waals surface area contributed by atoms with Gasteiger partial charge in [-0.1, -0.05) is 12.1 Å². The molecule has 0 amide bonds. The van der Waals surface area contributed by atoms with Crippen molar-refractivity contribution in [1.29, 1.82) is 0 Å². The summed E-state index contributed by atoms with van der Waals surface area (Å²) in [6.07, 6.45) is 0. The second kappa shape index (κ2) is 3.82. The lowest BCUT2D eigenvalue weighted by molar-refractivity contribution is 0.473. The van der Waals surface area contributed by atoms with Gasteiger partial charge >= 0.3 is 0 Å². The molecule has 0 saturated heterocycles. The molecule has 0 fully saturated rings. The molecule has 0 saturated carbocycles. The predicted octanol–water partition coefficient (Wildman–Crippen LogP) is 2.18. The first-order valence-corrected chi connectivity index (χ1v) is 5.31. The third-order valence-electron chi connectivity index (χ3n) is 2.01. The molecule has 3 nitrogen and oxygen atoms in total. The van der Waals surface area contributed by atoms with Gasteiger partial charge in [-0.25, -0.2) is 4.98 Å². The summed E-state index contributed by atoms with van der Waals surface area (Å²) in [6.45, 7) is 1.88. The molecule has 2 aromatic rings. The Balaban J connectivity index is 2.69. The van der Waals surface area contributed by atoms with Gasteiger partial charge in [0.15, 0.2) is 5.75 Å². The Kier molecular flexibility index (Phi) is 2.51. The highest BCUT2D eigenvalue weighted by Crippen LogP contribution is 2.26. The van der Waals surface area contributed by atoms with Crippen molar-refractivity contribution in [1.82, 2.24) is 4.98 Å². The smallest absolute Gasteiger partial charge is 0.220 e. The van der Waals surface area contributed by atoms with Crippen molar-refractivity contribution >= 4 is 11.3 Å². The van der Waals surface area contributed by atoms with Crippen molar-refractivity contribution in [2.24, 2.45) is 0 Å². The maximum absolute atomic E-state index is 11.3. The van der Waals surface area contributed by atoms with Crippen LogP contribution in [0.4, 0.5) is 0 Å². The van der Waals surface area contributed by atoms with E-state index >= 15 is 0 Å². The summed E-state index contributed by atoms with van der Waals surface area (Å²) in [6, 6.07) is 6.33. The van der Waals surface area contributed by atoms with Crippen LogP contribution in [0.3, 0.4) is 0 Å². The van der Waals surface area contributed by atoms with Crippen LogP contribution >= 0.6 is 11.3 Å². The molecule has 1 aromatic heterocycles. The topological polar surface area (TPSA) is 50.2 Å². The number of aromatic nitrogens is 1. The van der Waals surface area contributed by atoms with Gasteiger partial charge in [-0.05, 0) is 19.1 Å². The molecule has 0 spiro atoms. The van der Waals surface area contributed by atoms with E-state index in [0.717, 1.165) is 5.01 Å². The van der Waals surface area contributed by atoms with Gasteiger partial charge in [-0.3, -0.25) is 4.79 Å². The number of hydrogen-bond acceptors (Lipinski definition) is 4. The van der Waals surface area contributed by atoms with Crippen molar-refractivity contribution in [3.63, 3.8) is 0 Å². The minimum Gasteiger partial charge on any atom is -0.504 e. The standard InChI is InChI=1S/C11H9NO2S/c1-7-12-9(6-15-7)8-4-2-3-5-10(13)11(8)14/h2-6H,1H3,(H,13,14). The summed E-state index contributed by atoms with van der Waals surface area (Å²) in [5.74, 6) is -0.245. The Bertz CT molecular complexity index is 548. The molecule has 2 rings (SSSR count). The number of rotatable bonds is 1. The van der Waals surface area contributed by atoms with E-state index in [1.165, 1.54) is 17.4 Å². The van der Waals surface area contributed by atoms with Crippen molar-refractivity contribution < 1.29 is 5.11 Å². The molecule has 0 radical (unpaired) electrons. The predicted molar refractivity (Wildman–Crippen MR) is 60.2 cm³/mol. The van der Waals surface area contributed by atoms with Gasteiger partial charge in [-0.2, -0.15) is 0 Å². The van der Waals surface area contributed by atoms with Crippen molar-refractivity contribution in [2.45, 2.75) is 6.92 Å². The van der Waals surface area contributed by atoms with E-state index in [1.807, 2.05) is 12.3 Å². The maximum atomic E-state index is 11.3. The average Bonchev–Trinajstić information content (AvgIpc) is 2.56. The Morgan fingerprint density at radius 2 is 2.07 bits per heavy atom. The second-order valence-corrected chi connectivity index (χ2v) is 4.16. The van der Waals surface area contributed by atoms with Gasteiger partial charge in [0.2, 0.25) is 5.43 Å². The van der Waals surface area contributed by atoms with Gasteiger partial charge in [0.25, 0.3) is 0 Å². The van der Waals surface area contributed by atoms with Crippen molar-refractivity contribution in [3.8, 4) is 17.0 Å². The first-order valence-electron chi connectivity index (χ1n) is 4.43. The molecule has 0 aliphatic carbocycles. The van der Waals surface area contributed by atoms with Crippen LogP contribution in [0.5, 0.6) is 5.75 Å². The van der Waals surface area contributed by atoms with Gasteiger partial charge < -0.3 is 5.11 Å². The van der Waals surface area contributed by atoms with Crippen LogP contribution in [0.1, 0.15) is 5.01 Å². The van der Waals surface area contributed by atoms with Crippen LogP contribution in [0.25, 0.3) is 11.3 Å². The average molecular weight is 219 g/mol. The fraction of sp³-hybridized carbons (Fsp3) is 0.0909. The SMILES string of the molecule is Cc1nc(-c2ccccc(=O)c2O)cs1. The summed E-state index contributed by atoms with van der Waals surface area (Å²) in [5, 5.41) is 12.4. The van der Waals surface area contributed by atoms with E-state index in [1.54, 1.807) is 18.2 Å². The Morgan fingerprint density at radius 1 is 1.33 bits per heavy atom. The van der Waals surface area contributed by atoms with Crippen LogP contribution in [0.2, 0.25) is 0 Å². The molecule has 4 heteroatoms. The number of hydrogen-bond donors (Lipinski definition) is 1. The summed E-state index contributed by atoms with van der Waals surface area (Å²) in [7, 11) is 0. The lowest BCUT2D eigenvalue weighted by atomic mass is 10.2. The molecular weight excluding hydrogens is 210 g/mol. The van der Waals surface area contributed by atoms with Gasteiger partial charge in [0, 0.05) is 10.9 Å². The zero-order valence-electron chi connectivity index (χ0n) is 8.10. The summed E-state index contributed by atoms with van der Waals surface area (Å²) in [5.41, 5.74) is 0.735. The van der Waals surface area contributed by atoms with E-state index in [2.05, 4.69) is 4.98 Å². The van der Waals surface area contributed by atoms with Gasteiger partial charge in [0.05, 0.1) is 10.7 Å². The molecule has 1 N–H and O–H groups in total. The number of nitrogens with zero attached hydrogens (tertiary/aromatic N) is 1. The van der Waals surface area contributed by atoms with Gasteiger partial charge in [-0.15, -0.1) is 11.3 Å². The van der Waals surface area contributed by atoms with Crippen molar-refractivity contribution in [2.75, 3.05) is 0 Å². The van der Waals surface area contributed by atoms with Crippen LogP contribution in [-0.2, 0) is 0 Å². The van der Waals surface area contributed by atoms with Crippen LogP contribution in [0, 0.1) is 6.92 Å². The van der Waals surface area contributed by atoms with E-state index in [4.69, 9.17) is 0 Å². The summed E-state index contributed by atoms with van der Waals surface area (Å²) in [4.78, 5) is 15.6. The Labute approximate surface area is 90.7 Å². The minimum absolute atomic E-state index is 0.245. The van der Waals surface area contributed by atoms with Crippen LogP contribution < -0.4 is 5.43 Å². The highest BCUT2D eigenvalue weighted by atomic mass is 32.1. The van der Waals surface area contributed by atoms with Crippen molar-refractivity contribution in [3.05, 3.63) is 44.9 Å². The van der Waals surface area contributed by atoms with E-state index in [9.17, 15) is 9.90 Å². The molecule has 0 bridgehead atoms. The largest absolute Gasteiger partial charge is 0.504 e. The lowest BCUT2D eigenvalue weighted by Gasteiger charge is -1.94. The first-order chi connectivity index (χ1) is 7.18. The summed E-state index contributed by atoms with van der Waals surface area (Å²) < 4.78 is 0. The van der Waals surface area contributed by atoms with E-state index < -0.39 is 0 Å². The number of aromatic hydroxyl groups is 1. The fourth-order valence-electron chi connectivity index (χ4n) is 1.28. The molecule has 0 atom stereocenters. The zero-order valence-corrected chi connectivity index (χ0v) is 8.91. The van der Waals surface area contributed by atoms with E-state index in [0.29, 0.717) is 11.3 Å². The highest BCUT2D eigenvalue weighted by Gasteiger charge is 2.08. The normalized spacial score (nSPS) is 10.2. The van der Waals surface area contributed by atoms with Gasteiger partial charge in [0.1, 0.15) is 0 Å². The Morgan fingerprint density at radius 3 is 2.73 bits per heavy atom. The Hall–Kier alpha value is -1.68. The monoisotopic (exact) mass is 219 g/mol. The lowest BCUT2D eigenvalue weighted by Crippen LogP contribution is -1.94. The third kappa shape index (κ3) is 1.89. The third-order valence-corrected chi connectivity index (χ3v) is 2.78. The fourth-order valence-corrected chi connectivity index (χ4v) is 1.89. The van der Waals surface area contributed by atoms with Crippen LogP contribution in [-0.4, -0.2) is 10.1 Å². The highest BCUT2D eigenvalue weighted by molar-refractivity contribution is 7.09. The maximum Gasteiger partial charge on any atom is 0.220 e. The second-order valence-electron chi connectivity index (χ2n) is 3.10. The van der Waals surface area contributed by atoms with E-state index in [-0.39, 0.29) is 11.2 Å². The summed E-state index contributed by atoms with van der Waals surface area (Å²) >= 11 is 1.49. The first kappa shape index (κ1) is 9.86. The van der Waals surface area contributed by atoms with Crippen LogP contribution in [0.15, 0.2) is 34.4 Å². The molecule has 76 valence electrons. The number of aryl methyl sites for hydroxylation is 1. The zero-order chi connectivity index (χ0) is 10.8. The molecule has 0 aliphatic rings. The molecule has 1 heterocycles. The molecule has 0 unspecified atom stereocenters. The molecule has 15 heavy (non-hydrogen) atoms. The molecule has 0 aliphatic heterocycles. The minimum atomic E-state index is -0.388. The molecular formula is C11H9NO2S. The quantitative estimate of drug-likeness (QED) is 0.799. The number of thiazole rings is 1.